The van der Waals surface area contributed by atoms with E-state index in [9.17, 15) is 0 Å². The second-order valence-corrected chi connectivity index (χ2v) is 3.60. The molecule has 1 aromatic rings. The van der Waals surface area contributed by atoms with Crippen LogP contribution in [0, 0.1) is 0 Å². The molecular formula is C12H21N3O. The average molecular weight is 223 g/mol. The maximum Gasteiger partial charge on any atom is 0.122 e. The third kappa shape index (κ3) is 4.49. The van der Waals surface area contributed by atoms with E-state index in [2.05, 4.69) is 28.4 Å². The summed E-state index contributed by atoms with van der Waals surface area (Å²) in [5.74, 6) is 1.10. The maximum atomic E-state index is 5.04. The number of nitrogens with zero attached hydrogens (tertiary/aromatic N) is 2. The van der Waals surface area contributed by atoms with Crippen LogP contribution in [0.15, 0.2) is 25.2 Å². The summed E-state index contributed by atoms with van der Waals surface area (Å²) >= 11 is 0. The third-order valence-corrected chi connectivity index (χ3v) is 2.28. The zero-order valence-corrected chi connectivity index (χ0v) is 9.98. The Bertz CT molecular complexity index is 296. The first-order valence-corrected chi connectivity index (χ1v) is 5.81. The van der Waals surface area contributed by atoms with E-state index >= 15 is 0 Å². The molecule has 0 amide bonds. The van der Waals surface area contributed by atoms with Gasteiger partial charge in [-0.05, 0) is 19.4 Å². The summed E-state index contributed by atoms with van der Waals surface area (Å²) in [4.78, 5) is 4.32. The minimum Gasteiger partial charge on any atom is -0.502 e. The number of imidazole rings is 1. The third-order valence-electron chi connectivity index (χ3n) is 2.28. The molecule has 0 aliphatic heterocycles. The molecule has 1 N–H and O–H groups in total. The average Bonchev–Trinajstić information content (AvgIpc) is 2.72. The van der Waals surface area contributed by atoms with Gasteiger partial charge < -0.3 is 14.6 Å². The Morgan fingerprint density at radius 1 is 1.62 bits per heavy atom. The first-order chi connectivity index (χ1) is 7.88. The maximum absolute atomic E-state index is 5.04. The fourth-order valence-corrected chi connectivity index (χ4v) is 1.52. The van der Waals surface area contributed by atoms with Crippen molar-refractivity contribution in [2.24, 2.45) is 0 Å². The molecule has 0 unspecified atom stereocenters. The van der Waals surface area contributed by atoms with Gasteiger partial charge in [0.2, 0.25) is 0 Å². The van der Waals surface area contributed by atoms with Crippen LogP contribution in [0.2, 0.25) is 0 Å². The molecule has 0 saturated carbocycles. The highest BCUT2D eigenvalue weighted by Crippen LogP contribution is 1.98. The predicted octanol–water partition coefficient (Wildman–Crippen LogP) is 1.93. The SMILES string of the molecule is C=COCCCNCc1nccn1CCC. The van der Waals surface area contributed by atoms with Crippen molar-refractivity contribution in [3.63, 3.8) is 0 Å². The lowest BCUT2D eigenvalue weighted by Gasteiger charge is -2.07. The summed E-state index contributed by atoms with van der Waals surface area (Å²) in [5, 5.41) is 3.35. The van der Waals surface area contributed by atoms with Gasteiger partial charge in [0.25, 0.3) is 0 Å². The molecule has 1 rings (SSSR count). The van der Waals surface area contributed by atoms with Crippen molar-refractivity contribution in [3.05, 3.63) is 31.1 Å². The summed E-state index contributed by atoms with van der Waals surface area (Å²) in [7, 11) is 0. The van der Waals surface area contributed by atoms with Gasteiger partial charge in [-0.25, -0.2) is 4.98 Å². The highest BCUT2D eigenvalue weighted by atomic mass is 16.5. The van der Waals surface area contributed by atoms with Crippen LogP contribution < -0.4 is 5.32 Å². The van der Waals surface area contributed by atoms with Crippen LogP contribution >= 0.6 is 0 Å². The number of rotatable bonds is 9. The highest BCUT2D eigenvalue weighted by Gasteiger charge is 2.00. The van der Waals surface area contributed by atoms with Gasteiger partial charge >= 0.3 is 0 Å². The number of hydrogen-bond donors (Lipinski definition) is 1. The number of nitrogens with one attached hydrogen (secondary N) is 1. The largest absolute Gasteiger partial charge is 0.502 e. The predicted molar refractivity (Wildman–Crippen MR) is 65.0 cm³/mol. The standard InChI is InChI=1S/C12H21N3O/c1-3-8-15-9-7-14-12(15)11-13-6-5-10-16-4-2/h4,7,9,13H,2-3,5-6,8,10-11H2,1H3. The van der Waals surface area contributed by atoms with Gasteiger partial charge in [0.05, 0.1) is 19.4 Å². The molecule has 0 bridgehead atoms. The van der Waals surface area contributed by atoms with Crippen LogP contribution in [0.25, 0.3) is 0 Å². The Balaban J connectivity index is 2.16. The van der Waals surface area contributed by atoms with E-state index in [0.29, 0.717) is 0 Å². The van der Waals surface area contributed by atoms with Crippen LogP contribution in [0.5, 0.6) is 0 Å². The van der Waals surface area contributed by atoms with Crippen molar-refractivity contribution in [2.45, 2.75) is 32.9 Å². The number of ether oxygens (including phenoxy) is 1. The van der Waals surface area contributed by atoms with Crippen LogP contribution in [0.4, 0.5) is 0 Å². The quantitative estimate of drug-likeness (QED) is 0.513. The molecule has 0 saturated heterocycles. The zero-order valence-electron chi connectivity index (χ0n) is 9.98. The summed E-state index contributed by atoms with van der Waals surface area (Å²) in [6, 6.07) is 0. The second-order valence-electron chi connectivity index (χ2n) is 3.60. The molecule has 1 aromatic heterocycles. The van der Waals surface area contributed by atoms with Gasteiger partial charge in [-0.15, -0.1) is 0 Å². The summed E-state index contributed by atoms with van der Waals surface area (Å²) in [6.07, 6.45) is 7.49. The molecule has 0 aromatic carbocycles. The lowest BCUT2D eigenvalue weighted by molar-refractivity contribution is 0.244. The smallest absolute Gasteiger partial charge is 0.122 e. The van der Waals surface area contributed by atoms with E-state index in [1.165, 1.54) is 6.26 Å². The van der Waals surface area contributed by atoms with Gasteiger partial charge in [0.1, 0.15) is 5.82 Å². The topological polar surface area (TPSA) is 39.1 Å². The molecule has 0 fully saturated rings. The lowest BCUT2D eigenvalue weighted by Crippen LogP contribution is -2.19. The van der Waals surface area contributed by atoms with Crippen molar-refractivity contribution in [1.82, 2.24) is 14.9 Å². The molecule has 0 spiro atoms. The van der Waals surface area contributed by atoms with Gasteiger partial charge in [0.15, 0.2) is 0 Å². The molecule has 4 nitrogen and oxygen atoms in total. The van der Waals surface area contributed by atoms with E-state index < -0.39 is 0 Å². The summed E-state index contributed by atoms with van der Waals surface area (Å²) < 4.78 is 7.22. The van der Waals surface area contributed by atoms with Crippen LogP contribution in [-0.2, 0) is 17.8 Å². The van der Waals surface area contributed by atoms with Crippen LogP contribution in [0.3, 0.4) is 0 Å². The molecule has 0 aliphatic carbocycles. The van der Waals surface area contributed by atoms with Crippen molar-refractivity contribution in [3.8, 4) is 0 Å². The Morgan fingerprint density at radius 3 is 3.25 bits per heavy atom. The number of hydrogen-bond acceptors (Lipinski definition) is 3. The molecule has 4 heteroatoms. The minimum atomic E-state index is 0.722. The lowest BCUT2D eigenvalue weighted by atomic mass is 10.4. The first kappa shape index (κ1) is 12.8. The van der Waals surface area contributed by atoms with Crippen molar-refractivity contribution >= 4 is 0 Å². The fraction of sp³-hybridized carbons (Fsp3) is 0.583. The van der Waals surface area contributed by atoms with Gasteiger partial charge in [-0.2, -0.15) is 0 Å². The van der Waals surface area contributed by atoms with Crippen molar-refractivity contribution < 1.29 is 4.74 Å². The Labute approximate surface area is 97.3 Å². The molecule has 0 atom stereocenters. The summed E-state index contributed by atoms with van der Waals surface area (Å²) in [6.45, 7) is 9.18. The van der Waals surface area contributed by atoms with E-state index in [-0.39, 0.29) is 0 Å². The van der Waals surface area contributed by atoms with E-state index in [1.54, 1.807) is 0 Å². The Kier molecular flexibility index (Phi) is 6.33. The van der Waals surface area contributed by atoms with Crippen LogP contribution in [-0.4, -0.2) is 22.7 Å². The van der Waals surface area contributed by atoms with Gasteiger partial charge in [0, 0.05) is 18.9 Å². The van der Waals surface area contributed by atoms with Gasteiger partial charge in [-0.3, -0.25) is 0 Å². The number of aromatic nitrogens is 2. The normalized spacial score (nSPS) is 10.3. The van der Waals surface area contributed by atoms with E-state index in [0.717, 1.165) is 44.9 Å². The highest BCUT2D eigenvalue weighted by molar-refractivity contribution is 4.91. The first-order valence-electron chi connectivity index (χ1n) is 5.81. The van der Waals surface area contributed by atoms with Crippen molar-refractivity contribution in [2.75, 3.05) is 13.2 Å². The molecule has 0 radical (unpaired) electrons. The second kappa shape index (κ2) is 7.93. The summed E-state index contributed by atoms with van der Waals surface area (Å²) in [5.41, 5.74) is 0. The van der Waals surface area contributed by atoms with E-state index in [4.69, 9.17) is 4.74 Å². The monoisotopic (exact) mass is 223 g/mol. The van der Waals surface area contributed by atoms with Crippen molar-refractivity contribution in [1.29, 1.82) is 0 Å². The minimum absolute atomic E-state index is 0.722. The van der Waals surface area contributed by atoms with Crippen LogP contribution in [0.1, 0.15) is 25.6 Å². The molecule has 0 aliphatic rings. The molecule has 16 heavy (non-hydrogen) atoms. The van der Waals surface area contributed by atoms with E-state index in [1.807, 2.05) is 12.4 Å². The molecular weight excluding hydrogens is 202 g/mol. The Hall–Kier alpha value is -1.29. The zero-order chi connectivity index (χ0) is 11.6. The molecule has 90 valence electrons. The molecule has 1 heterocycles. The number of aryl methyl sites for hydroxylation is 1. The van der Waals surface area contributed by atoms with Gasteiger partial charge in [-0.1, -0.05) is 13.5 Å². The fourth-order valence-electron chi connectivity index (χ4n) is 1.52. The Morgan fingerprint density at radius 2 is 2.50 bits per heavy atom.